The number of allylic oxidation sites excluding steroid dienone is 4. The molecule has 152 valence electrons. The molecule has 28 heavy (non-hydrogen) atoms. The van der Waals surface area contributed by atoms with Crippen LogP contribution in [0.2, 0.25) is 0 Å². The largest absolute Gasteiger partial charge is 0.488 e. The molecule has 1 N–H and O–H groups in total. The SMILES string of the molecule is COC(=S)[C@@]1(O)[C@H](C)C[C@H]2[C@@H]3CCC4=CC(=O)C=C[C@]4(C)[C@@]3(F)C(=O)C[C@@]21C. The van der Waals surface area contributed by atoms with Crippen molar-refractivity contribution in [3.63, 3.8) is 0 Å². The molecular weight excluding hydrogens is 379 g/mol. The molecule has 0 unspecified atom stereocenters. The molecule has 4 rings (SSSR count). The maximum absolute atomic E-state index is 16.8. The number of ketones is 2. The lowest BCUT2D eigenvalue weighted by molar-refractivity contribution is -0.175. The normalized spacial score (nSPS) is 49.8. The highest BCUT2D eigenvalue weighted by Crippen LogP contribution is 2.69. The molecule has 6 heteroatoms. The highest BCUT2D eigenvalue weighted by Gasteiger charge is 2.75. The summed E-state index contributed by atoms with van der Waals surface area (Å²) < 4.78 is 22.1. The summed E-state index contributed by atoms with van der Waals surface area (Å²) in [6, 6.07) is 0. The number of rotatable bonds is 1. The van der Waals surface area contributed by atoms with Gasteiger partial charge in [-0.15, -0.1) is 0 Å². The van der Waals surface area contributed by atoms with Crippen molar-refractivity contribution in [1.82, 2.24) is 0 Å². The van der Waals surface area contributed by atoms with Crippen molar-refractivity contribution >= 4 is 28.8 Å². The predicted molar refractivity (Wildman–Crippen MR) is 106 cm³/mol. The molecule has 7 atom stereocenters. The van der Waals surface area contributed by atoms with E-state index in [9.17, 15) is 14.7 Å². The quantitative estimate of drug-likeness (QED) is 0.675. The van der Waals surface area contributed by atoms with Crippen LogP contribution >= 0.6 is 12.2 Å². The maximum Gasteiger partial charge on any atom is 0.192 e. The van der Waals surface area contributed by atoms with Crippen LogP contribution in [-0.2, 0) is 14.3 Å². The Morgan fingerprint density at radius 1 is 1.32 bits per heavy atom. The number of carbonyl (C=O) groups excluding carboxylic acids is 2. The van der Waals surface area contributed by atoms with Crippen molar-refractivity contribution < 1.29 is 23.8 Å². The number of thiocarbonyl (C=S) groups is 1. The maximum atomic E-state index is 16.8. The molecular formula is C22H27FO4S. The molecule has 4 aliphatic rings. The Hall–Kier alpha value is -1.40. The van der Waals surface area contributed by atoms with Crippen LogP contribution in [0.4, 0.5) is 4.39 Å². The number of carbonyl (C=O) groups is 2. The molecule has 0 saturated heterocycles. The van der Waals surface area contributed by atoms with Gasteiger partial charge in [0.15, 0.2) is 22.3 Å². The van der Waals surface area contributed by atoms with Gasteiger partial charge in [0.05, 0.1) is 7.11 Å². The highest BCUT2D eigenvalue weighted by atomic mass is 32.1. The van der Waals surface area contributed by atoms with Gasteiger partial charge in [-0.3, -0.25) is 9.59 Å². The van der Waals surface area contributed by atoms with Gasteiger partial charge in [-0.2, -0.15) is 0 Å². The Bertz CT molecular complexity index is 849. The third kappa shape index (κ3) is 2.01. The molecule has 0 bridgehead atoms. The number of halogens is 1. The first-order valence-corrected chi connectivity index (χ1v) is 10.3. The number of aliphatic hydroxyl groups is 1. The van der Waals surface area contributed by atoms with Crippen LogP contribution in [0.1, 0.15) is 46.5 Å². The highest BCUT2D eigenvalue weighted by molar-refractivity contribution is 7.80. The number of Topliss-reactive ketones (excluding diaryl/α,β-unsaturated/α-hetero) is 1. The van der Waals surface area contributed by atoms with Crippen molar-refractivity contribution in [2.45, 2.75) is 57.7 Å². The smallest absolute Gasteiger partial charge is 0.192 e. The topological polar surface area (TPSA) is 63.6 Å². The van der Waals surface area contributed by atoms with Gasteiger partial charge in [-0.1, -0.05) is 25.5 Å². The van der Waals surface area contributed by atoms with E-state index in [0.29, 0.717) is 24.8 Å². The standard InChI is InChI=1S/C22H27FO4S/c1-12-9-16-15-6-5-13-10-14(24)7-8-19(13,2)21(15,23)17(25)11-20(16,3)22(12,26)18(28)27-4/h7-8,10,12,15-16,26H,5-6,9,11H2,1-4H3/t12-,15+,16+,19+,20+,21+,22+/m1/s1. The van der Waals surface area contributed by atoms with Gasteiger partial charge in [0.2, 0.25) is 0 Å². The number of hydrogen-bond donors (Lipinski definition) is 1. The van der Waals surface area contributed by atoms with E-state index in [1.165, 1.54) is 19.3 Å². The van der Waals surface area contributed by atoms with Crippen LogP contribution in [0, 0.1) is 28.6 Å². The van der Waals surface area contributed by atoms with Crippen molar-refractivity contribution in [2.75, 3.05) is 7.11 Å². The van der Waals surface area contributed by atoms with E-state index >= 15 is 4.39 Å². The van der Waals surface area contributed by atoms with Gasteiger partial charge in [0.25, 0.3) is 0 Å². The van der Waals surface area contributed by atoms with E-state index in [1.807, 2.05) is 13.8 Å². The van der Waals surface area contributed by atoms with Gasteiger partial charge in [-0.05, 0) is 62.4 Å². The van der Waals surface area contributed by atoms with E-state index in [-0.39, 0.29) is 29.1 Å². The van der Waals surface area contributed by atoms with E-state index in [4.69, 9.17) is 17.0 Å². The Morgan fingerprint density at radius 3 is 2.64 bits per heavy atom. The minimum atomic E-state index is -2.09. The first-order chi connectivity index (χ1) is 13.0. The molecule has 3 fully saturated rings. The number of fused-ring (bicyclic) bond motifs is 5. The summed E-state index contributed by atoms with van der Waals surface area (Å²) in [5.74, 6) is -1.63. The minimum Gasteiger partial charge on any atom is -0.488 e. The molecule has 0 aromatic heterocycles. The molecule has 0 heterocycles. The zero-order valence-electron chi connectivity index (χ0n) is 16.8. The van der Waals surface area contributed by atoms with Gasteiger partial charge in [0, 0.05) is 23.2 Å². The van der Waals surface area contributed by atoms with Crippen molar-refractivity contribution in [1.29, 1.82) is 0 Å². The fourth-order valence-corrected chi connectivity index (χ4v) is 7.30. The summed E-state index contributed by atoms with van der Waals surface area (Å²) in [6.45, 7) is 5.49. The fraction of sp³-hybridized carbons (Fsp3) is 0.682. The second-order valence-electron chi connectivity index (χ2n) is 9.48. The number of hydrogen-bond acceptors (Lipinski definition) is 5. The third-order valence-corrected chi connectivity index (χ3v) is 8.96. The van der Waals surface area contributed by atoms with Gasteiger partial charge < -0.3 is 9.84 Å². The van der Waals surface area contributed by atoms with Crippen LogP contribution in [0.5, 0.6) is 0 Å². The van der Waals surface area contributed by atoms with Crippen LogP contribution in [0.15, 0.2) is 23.8 Å². The van der Waals surface area contributed by atoms with E-state index < -0.39 is 33.8 Å². The van der Waals surface area contributed by atoms with Crippen molar-refractivity contribution in [3.8, 4) is 0 Å². The number of methoxy groups -OCH3 is 1. The molecule has 3 saturated carbocycles. The van der Waals surface area contributed by atoms with Crippen molar-refractivity contribution in [2.24, 2.45) is 28.6 Å². The zero-order valence-corrected chi connectivity index (χ0v) is 17.6. The second-order valence-corrected chi connectivity index (χ2v) is 9.85. The van der Waals surface area contributed by atoms with Crippen molar-refractivity contribution in [3.05, 3.63) is 23.8 Å². The molecule has 0 aromatic carbocycles. The lowest BCUT2D eigenvalue weighted by atomic mass is 9.45. The first kappa shape index (κ1) is 19.9. The second kappa shape index (κ2) is 5.82. The monoisotopic (exact) mass is 406 g/mol. The van der Waals surface area contributed by atoms with Gasteiger partial charge in [0.1, 0.15) is 5.60 Å². The summed E-state index contributed by atoms with van der Waals surface area (Å²) in [4.78, 5) is 25.3. The van der Waals surface area contributed by atoms with Crippen LogP contribution in [-0.4, -0.2) is 40.1 Å². The predicted octanol–water partition coefficient (Wildman–Crippen LogP) is 3.52. The zero-order chi connectivity index (χ0) is 20.7. The molecule has 0 radical (unpaired) electrons. The van der Waals surface area contributed by atoms with Crippen LogP contribution in [0.25, 0.3) is 0 Å². The Kier molecular flexibility index (Phi) is 4.13. The van der Waals surface area contributed by atoms with Gasteiger partial charge >= 0.3 is 0 Å². The Labute approximate surface area is 170 Å². The van der Waals surface area contributed by atoms with Crippen LogP contribution in [0.3, 0.4) is 0 Å². The average molecular weight is 407 g/mol. The summed E-state index contributed by atoms with van der Waals surface area (Å²) in [7, 11) is 1.43. The molecule has 4 nitrogen and oxygen atoms in total. The van der Waals surface area contributed by atoms with Crippen LogP contribution < -0.4 is 0 Å². The Morgan fingerprint density at radius 2 is 2.00 bits per heavy atom. The molecule has 4 aliphatic carbocycles. The molecule has 0 aromatic rings. The van der Waals surface area contributed by atoms with E-state index in [1.54, 1.807) is 13.0 Å². The van der Waals surface area contributed by atoms with E-state index in [2.05, 4.69) is 0 Å². The first-order valence-electron chi connectivity index (χ1n) is 9.94. The molecule has 0 amide bonds. The van der Waals surface area contributed by atoms with Gasteiger partial charge in [-0.25, -0.2) is 4.39 Å². The number of ether oxygens (including phenoxy) is 1. The molecule has 0 aliphatic heterocycles. The van der Waals surface area contributed by atoms with E-state index in [0.717, 1.165) is 0 Å². The summed E-state index contributed by atoms with van der Waals surface area (Å²) in [5, 5.41) is 11.7. The fourth-order valence-electron chi connectivity index (χ4n) is 6.87. The summed E-state index contributed by atoms with van der Waals surface area (Å²) >= 11 is 5.35. The lowest BCUT2D eigenvalue weighted by Gasteiger charge is -2.59. The molecule has 0 spiro atoms. The third-order valence-electron chi connectivity index (χ3n) is 8.48. The lowest BCUT2D eigenvalue weighted by Crippen LogP contribution is -2.67. The average Bonchev–Trinajstić information content (AvgIpc) is 2.84. The summed E-state index contributed by atoms with van der Waals surface area (Å²) in [5.41, 5.74) is -4.83. The summed E-state index contributed by atoms with van der Waals surface area (Å²) in [6.07, 6.45) is 5.99. The number of alkyl halides is 1. The Balaban J connectivity index is 1.85. The minimum absolute atomic E-state index is 0.0786.